The normalized spacial score (nSPS) is 15.5. The first-order chi connectivity index (χ1) is 14.1. The quantitative estimate of drug-likeness (QED) is 0.576. The topological polar surface area (TPSA) is 15.7 Å². The van der Waals surface area contributed by atoms with Crippen molar-refractivity contribution in [2.45, 2.75) is 6.54 Å². The van der Waals surface area contributed by atoms with Crippen molar-refractivity contribution in [2.75, 3.05) is 39.8 Å². The first-order valence-electron chi connectivity index (χ1n) is 9.96. The van der Waals surface area contributed by atoms with Crippen LogP contribution in [0.2, 0.25) is 5.02 Å². The maximum atomic E-state index is 6.04. The van der Waals surface area contributed by atoms with E-state index in [0.717, 1.165) is 66.7 Å². The zero-order chi connectivity index (χ0) is 20.6. The first kappa shape index (κ1) is 21.4. The fourth-order valence-corrected chi connectivity index (χ4v) is 3.95. The molecule has 0 aliphatic carbocycles. The summed E-state index contributed by atoms with van der Waals surface area (Å²) in [6, 6.07) is 12.1. The minimum absolute atomic E-state index is 0.776. The average molecular weight is 409 g/mol. The van der Waals surface area contributed by atoms with Gasteiger partial charge in [0.05, 0.1) is 7.11 Å². The number of piperazine rings is 1. The zero-order valence-electron chi connectivity index (χ0n) is 17.1. The summed E-state index contributed by atoms with van der Waals surface area (Å²) in [5.74, 6) is 0.843. The van der Waals surface area contributed by atoms with Crippen LogP contribution in [0.15, 0.2) is 55.6 Å². The van der Waals surface area contributed by atoms with Gasteiger partial charge in [-0.2, -0.15) is 0 Å². The SMILES string of the molecule is C=Cc1c(CN2CCN(C/C=C/c3cccc(Cl)c3)CC2)ccc(OC)c1C=C. The minimum Gasteiger partial charge on any atom is -0.496 e. The molecule has 3 nitrogen and oxygen atoms in total. The number of rotatable bonds is 8. The number of halogens is 1. The van der Waals surface area contributed by atoms with Gasteiger partial charge in [0.25, 0.3) is 0 Å². The van der Waals surface area contributed by atoms with Gasteiger partial charge < -0.3 is 4.74 Å². The molecule has 0 aromatic heterocycles. The van der Waals surface area contributed by atoms with E-state index < -0.39 is 0 Å². The molecule has 1 heterocycles. The predicted molar refractivity (Wildman–Crippen MR) is 125 cm³/mol. The lowest BCUT2D eigenvalue weighted by Crippen LogP contribution is -2.45. The van der Waals surface area contributed by atoms with Gasteiger partial charge in [-0.05, 0) is 34.9 Å². The van der Waals surface area contributed by atoms with Gasteiger partial charge in [0.15, 0.2) is 0 Å². The summed E-state index contributed by atoms with van der Waals surface area (Å²) in [6.45, 7) is 14.0. The van der Waals surface area contributed by atoms with Crippen LogP contribution in [0.4, 0.5) is 0 Å². The Kier molecular flexibility index (Phi) is 7.70. The molecule has 1 saturated heterocycles. The molecule has 29 heavy (non-hydrogen) atoms. The molecular weight excluding hydrogens is 380 g/mol. The molecular formula is C25H29ClN2O. The smallest absolute Gasteiger partial charge is 0.126 e. The molecule has 0 bridgehead atoms. The molecule has 3 rings (SSSR count). The van der Waals surface area contributed by atoms with Crippen LogP contribution in [-0.4, -0.2) is 49.6 Å². The zero-order valence-corrected chi connectivity index (χ0v) is 17.9. The standard InChI is InChI=1S/C25H29ClN2O/c1-4-23-21(11-12-25(29-3)24(23)5-2)19-28-16-14-27(15-17-28)13-7-9-20-8-6-10-22(26)18-20/h4-12,18H,1-2,13-17,19H2,3H3/b9-7+. The third kappa shape index (κ3) is 5.60. The van der Waals surface area contributed by atoms with Crippen LogP contribution in [0, 0.1) is 0 Å². The lowest BCUT2D eigenvalue weighted by atomic mass is 9.99. The molecule has 1 aliphatic heterocycles. The van der Waals surface area contributed by atoms with Crippen LogP contribution in [0.3, 0.4) is 0 Å². The molecule has 1 fully saturated rings. The van der Waals surface area contributed by atoms with Crippen LogP contribution in [-0.2, 0) is 6.54 Å². The van der Waals surface area contributed by atoms with Crippen molar-refractivity contribution in [1.29, 1.82) is 0 Å². The highest BCUT2D eigenvalue weighted by atomic mass is 35.5. The van der Waals surface area contributed by atoms with Crippen molar-refractivity contribution >= 4 is 29.8 Å². The maximum absolute atomic E-state index is 6.04. The summed E-state index contributed by atoms with van der Waals surface area (Å²) in [6.07, 6.45) is 8.12. The Labute approximate surface area is 179 Å². The summed E-state index contributed by atoms with van der Waals surface area (Å²) < 4.78 is 5.46. The second kappa shape index (κ2) is 10.4. The van der Waals surface area contributed by atoms with Gasteiger partial charge in [-0.3, -0.25) is 9.80 Å². The van der Waals surface area contributed by atoms with E-state index in [4.69, 9.17) is 16.3 Å². The van der Waals surface area contributed by atoms with Crippen molar-refractivity contribution in [3.63, 3.8) is 0 Å². The number of hydrogen-bond acceptors (Lipinski definition) is 3. The highest BCUT2D eigenvalue weighted by Gasteiger charge is 2.18. The van der Waals surface area contributed by atoms with Gasteiger partial charge in [-0.15, -0.1) is 0 Å². The van der Waals surface area contributed by atoms with Gasteiger partial charge in [0.2, 0.25) is 0 Å². The molecule has 0 N–H and O–H groups in total. The predicted octanol–water partition coefficient (Wildman–Crippen LogP) is 5.47. The van der Waals surface area contributed by atoms with Crippen molar-refractivity contribution in [3.05, 3.63) is 82.9 Å². The Bertz CT molecular complexity index is 882. The molecule has 0 spiro atoms. The molecule has 0 saturated carbocycles. The van der Waals surface area contributed by atoms with Crippen molar-refractivity contribution in [1.82, 2.24) is 9.80 Å². The largest absolute Gasteiger partial charge is 0.496 e. The van der Waals surface area contributed by atoms with Crippen LogP contribution in [0.5, 0.6) is 5.75 Å². The monoisotopic (exact) mass is 408 g/mol. The second-order valence-electron chi connectivity index (χ2n) is 7.20. The molecule has 4 heteroatoms. The Morgan fingerprint density at radius 1 is 1.00 bits per heavy atom. The van der Waals surface area contributed by atoms with Gasteiger partial charge in [-0.25, -0.2) is 0 Å². The van der Waals surface area contributed by atoms with E-state index in [1.54, 1.807) is 7.11 Å². The average Bonchev–Trinajstić information content (AvgIpc) is 2.74. The molecule has 152 valence electrons. The van der Waals surface area contributed by atoms with E-state index in [2.05, 4.69) is 47.2 Å². The minimum atomic E-state index is 0.776. The number of methoxy groups -OCH3 is 1. The molecule has 1 aliphatic rings. The first-order valence-corrected chi connectivity index (χ1v) is 10.3. The third-order valence-electron chi connectivity index (χ3n) is 5.35. The van der Waals surface area contributed by atoms with E-state index >= 15 is 0 Å². The van der Waals surface area contributed by atoms with Crippen LogP contribution in [0.25, 0.3) is 18.2 Å². The Morgan fingerprint density at radius 2 is 1.72 bits per heavy atom. The summed E-state index contributed by atoms with van der Waals surface area (Å²) in [5.41, 5.74) is 4.55. The van der Waals surface area contributed by atoms with Crippen molar-refractivity contribution in [3.8, 4) is 5.75 Å². The number of hydrogen-bond donors (Lipinski definition) is 0. The summed E-state index contributed by atoms with van der Waals surface area (Å²) >= 11 is 6.04. The number of ether oxygens (including phenoxy) is 1. The fourth-order valence-electron chi connectivity index (χ4n) is 3.75. The van der Waals surface area contributed by atoms with Gasteiger partial charge in [0, 0.05) is 49.9 Å². The molecule has 0 amide bonds. The van der Waals surface area contributed by atoms with Crippen molar-refractivity contribution in [2.24, 2.45) is 0 Å². The highest BCUT2D eigenvalue weighted by Crippen LogP contribution is 2.28. The van der Waals surface area contributed by atoms with E-state index in [9.17, 15) is 0 Å². The summed E-state index contributed by atoms with van der Waals surface area (Å²) in [4.78, 5) is 4.98. The summed E-state index contributed by atoms with van der Waals surface area (Å²) in [5, 5.41) is 0.776. The molecule has 0 radical (unpaired) electrons. The number of nitrogens with zero attached hydrogens (tertiary/aromatic N) is 2. The molecule has 0 unspecified atom stereocenters. The van der Waals surface area contributed by atoms with Gasteiger partial charge >= 0.3 is 0 Å². The molecule has 0 atom stereocenters. The van der Waals surface area contributed by atoms with E-state index in [1.807, 2.05) is 36.4 Å². The van der Waals surface area contributed by atoms with Gasteiger partial charge in [0.1, 0.15) is 5.75 Å². The second-order valence-corrected chi connectivity index (χ2v) is 7.63. The van der Waals surface area contributed by atoms with Crippen molar-refractivity contribution < 1.29 is 4.74 Å². The molecule has 2 aromatic carbocycles. The molecule has 2 aromatic rings. The Morgan fingerprint density at radius 3 is 2.38 bits per heavy atom. The highest BCUT2D eigenvalue weighted by molar-refractivity contribution is 6.30. The van der Waals surface area contributed by atoms with Crippen LogP contribution < -0.4 is 4.74 Å². The van der Waals surface area contributed by atoms with E-state index in [1.165, 1.54) is 5.56 Å². The lowest BCUT2D eigenvalue weighted by Gasteiger charge is -2.34. The third-order valence-corrected chi connectivity index (χ3v) is 5.58. The Balaban J connectivity index is 1.55. The lowest BCUT2D eigenvalue weighted by molar-refractivity contribution is 0.137. The van der Waals surface area contributed by atoms with Crippen LogP contribution in [0.1, 0.15) is 22.3 Å². The summed E-state index contributed by atoms with van der Waals surface area (Å²) in [7, 11) is 1.69. The Hall–Kier alpha value is -2.33. The van der Waals surface area contributed by atoms with Gasteiger partial charge in [-0.1, -0.05) is 67.3 Å². The van der Waals surface area contributed by atoms with Crippen LogP contribution >= 0.6 is 11.6 Å². The fraction of sp³-hybridized carbons (Fsp3) is 0.280. The maximum Gasteiger partial charge on any atom is 0.126 e. The van der Waals surface area contributed by atoms with E-state index in [-0.39, 0.29) is 0 Å². The number of benzene rings is 2. The van der Waals surface area contributed by atoms with E-state index in [0.29, 0.717) is 0 Å².